The summed E-state index contributed by atoms with van der Waals surface area (Å²) in [5.74, 6) is -0.914. The van der Waals surface area contributed by atoms with Gasteiger partial charge in [0.15, 0.2) is 0 Å². The van der Waals surface area contributed by atoms with Crippen LogP contribution in [0.25, 0.3) is 0 Å². The average Bonchev–Trinajstić information content (AvgIpc) is 2.91. The molecule has 0 aliphatic carbocycles. The standard InChI is InChI=1S/C29H27F5N2O2/c30-24-9-3-21(4-10-24)27(22-5-11-25(31)12-6-22)13-14-28(37)36-17-15-26(16-18-36)35-38-19-20-1-7-23(8-2-20)29(32,33)34/h1-12,15,27,35H,13-14,16-19H2. The molecule has 0 atom stereocenters. The lowest BCUT2D eigenvalue weighted by molar-refractivity contribution is -0.137. The van der Waals surface area contributed by atoms with Crippen LogP contribution in [-0.4, -0.2) is 23.9 Å². The highest BCUT2D eigenvalue weighted by Crippen LogP contribution is 2.31. The topological polar surface area (TPSA) is 41.6 Å². The summed E-state index contributed by atoms with van der Waals surface area (Å²) >= 11 is 0. The molecule has 0 spiro atoms. The molecule has 1 aliphatic rings. The normalized spacial score (nSPS) is 13.9. The molecule has 1 N–H and O–H groups in total. The van der Waals surface area contributed by atoms with E-state index in [1.165, 1.54) is 36.4 Å². The fourth-order valence-electron chi connectivity index (χ4n) is 4.33. The van der Waals surface area contributed by atoms with Crippen molar-refractivity contribution in [2.75, 3.05) is 13.1 Å². The third kappa shape index (κ3) is 7.41. The Kier molecular flexibility index (Phi) is 8.78. The number of halogens is 5. The maximum atomic E-state index is 13.4. The van der Waals surface area contributed by atoms with Crippen molar-refractivity contribution in [2.45, 2.75) is 38.0 Å². The zero-order valence-corrected chi connectivity index (χ0v) is 20.5. The van der Waals surface area contributed by atoms with Gasteiger partial charge in [0.25, 0.3) is 0 Å². The molecular formula is C29H27F5N2O2. The van der Waals surface area contributed by atoms with Crippen molar-refractivity contribution in [3.05, 3.63) is 118 Å². The Labute approximate surface area is 217 Å². The molecule has 0 aromatic heterocycles. The number of nitrogens with one attached hydrogen (secondary N) is 1. The maximum Gasteiger partial charge on any atom is 0.416 e. The van der Waals surface area contributed by atoms with Crippen LogP contribution >= 0.6 is 0 Å². The summed E-state index contributed by atoms with van der Waals surface area (Å²) in [6, 6.07) is 17.0. The third-order valence-electron chi connectivity index (χ3n) is 6.48. The number of rotatable bonds is 9. The molecule has 0 radical (unpaired) electrons. The van der Waals surface area contributed by atoms with Gasteiger partial charge in [0.1, 0.15) is 11.6 Å². The second-order valence-electron chi connectivity index (χ2n) is 9.10. The molecule has 1 heterocycles. The molecule has 38 heavy (non-hydrogen) atoms. The zero-order chi connectivity index (χ0) is 27.1. The van der Waals surface area contributed by atoms with Crippen LogP contribution in [0.4, 0.5) is 22.0 Å². The quantitative estimate of drug-likeness (QED) is 0.246. The van der Waals surface area contributed by atoms with Gasteiger partial charge >= 0.3 is 6.18 Å². The van der Waals surface area contributed by atoms with E-state index >= 15 is 0 Å². The minimum atomic E-state index is -4.38. The molecule has 3 aromatic carbocycles. The van der Waals surface area contributed by atoms with Crippen LogP contribution in [0.15, 0.2) is 84.6 Å². The molecule has 4 nitrogen and oxygen atoms in total. The highest BCUT2D eigenvalue weighted by atomic mass is 19.4. The van der Waals surface area contributed by atoms with Crippen molar-refractivity contribution in [2.24, 2.45) is 0 Å². The number of benzene rings is 3. The number of nitrogens with zero attached hydrogens (tertiary/aromatic N) is 1. The smallest absolute Gasteiger partial charge is 0.339 e. The van der Waals surface area contributed by atoms with Crippen molar-refractivity contribution in [1.29, 1.82) is 0 Å². The second-order valence-corrected chi connectivity index (χ2v) is 9.10. The number of hydrogen-bond donors (Lipinski definition) is 1. The van der Waals surface area contributed by atoms with Crippen LogP contribution in [0.2, 0.25) is 0 Å². The number of carbonyl (C=O) groups is 1. The van der Waals surface area contributed by atoms with Crippen LogP contribution < -0.4 is 5.48 Å². The summed E-state index contributed by atoms with van der Waals surface area (Å²) in [5, 5.41) is 0. The van der Waals surface area contributed by atoms with Crippen LogP contribution in [0.1, 0.15) is 47.4 Å². The van der Waals surface area contributed by atoms with E-state index in [0.717, 1.165) is 29.0 Å². The van der Waals surface area contributed by atoms with E-state index in [1.54, 1.807) is 29.2 Å². The van der Waals surface area contributed by atoms with Gasteiger partial charge in [0.05, 0.1) is 12.2 Å². The first-order chi connectivity index (χ1) is 18.2. The second kappa shape index (κ2) is 12.2. The predicted octanol–water partition coefficient (Wildman–Crippen LogP) is 6.73. The zero-order valence-electron chi connectivity index (χ0n) is 20.5. The van der Waals surface area contributed by atoms with E-state index < -0.39 is 11.7 Å². The molecule has 4 rings (SSSR count). The van der Waals surface area contributed by atoms with Crippen molar-refractivity contribution < 1.29 is 31.6 Å². The Bertz CT molecular complexity index is 1190. The summed E-state index contributed by atoms with van der Waals surface area (Å²) in [6.07, 6.45) is -1.25. The minimum Gasteiger partial charge on any atom is -0.339 e. The van der Waals surface area contributed by atoms with Gasteiger partial charge in [-0.2, -0.15) is 13.2 Å². The predicted molar refractivity (Wildman–Crippen MR) is 133 cm³/mol. The summed E-state index contributed by atoms with van der Waals surface area (Å²) in [5.41, 5.74) is 5.18. The van der Waals surface area contributed by atoms with Gasteiger partial charge in [-0.25, -0.2) is 8.78 Å². The molecule has 1 aliphatic heterocycles. The summed E-state index contributed by atoms with van der Waals surface area (Å²) < 4.78 is 64.9. The van der Waals surface area contributed by atoms with E-state index in [0.29, 0.717) is 31.5 Å². The number of alkyl halides is 3. The molecule has 3 aromatic rings. The van der Waals surface area contributed by atoms with E-state index in [9.17, 15) is 26.7 Å². The van der Waals surface area contributed by atoms with Crippen LogP contribution in [0.5, 0.6) is 0 Å². The first kappa shape index (κ1) is 27.3. The Balaban J connectivity index is 1.27. The fraction of sp³-hybridized carbons (Fsp3) is 0.276. The third-order valence-corrected chi connectivity index (χ3v) is 6.48. The van der Waals surface area contributed by atoms with Crippen molar-refractivity contribution in [3.63, 3.8) is 0 Å². The minimum absolute atomic E-state index is 0.0276. The Morgan fingerprint density at radius 2 is 1.47 bits per heavy atom. The average molecular weight is 531 g/mol. The molecule has 200 valence electrons. The first-order valence-corrected chi connectivity index (χ1v) is 12.2. The molecule has 0 bridgehead atoms. The molecule has 0 fully saturated rings. The molecule has 1 amide bonds. The number of hydrogen-bond acceptors (Lipinski definition) is 3. The van der Waals surface area contributed by atoms with Gasteiger partial charge in [-0.15, -0.1) is 0 Å². The number of amides is 1. The van der Waals surface area contributed by atoms with E-state index in [1.807, 2.05) is 6.08 Å². The van der Waals surface area contributed by atoms with Crippen molar-refractivity contribution in [3.8, 4) is 0 Å². The van der Waals surface area contributed by atoms with Crippen molar-refractivity contribution >= 4 is 5.91 Å². The van der Waals surface area contributed by atoms with E-state index in [-0.39, 0.29) is 36.5 Å². The SMILES string of the molecule is O=C(CCC(c1ccc(F)cc1)c1ccc(F)cc1)N1CC=C(NOCc2ccc(C(F)(F)F)cc2)CC1. The van der Waals surface area contributed by atoms with Crippen LogP contribution in [-0.2, 0) is 22.4 Å². The molecular weight excluding hydrogens is 503 g/mol. The number of carbonyl (C=O) groups excluding carboxylic acids is 1. The van der Waals surface area contributed by atoms with E-state index in [4.69, 9.17) is 4.84 Å². The van der Waals surface area contributed by atoms with Crippen LogP contribution in [0.3, 0.4) is 0 Å². The highest BCUT2D eigenvalue weighted by molar-refractivity contribution is 5.76. The lowest BCUT2D eigenvalue weighted by Crippen LogP contribution is -2.36. The number of hydroxylamine groups is 1. The Morgan fingerprint density at radius 1 is 0.895 bits per heavy atom. The lowest BCUT2D eigenvalue weighted by atomic mass is 9.87. The van der Waals surface area contributed by atoms with Crippen molar-refractivity contribution in [1.82, 2.24) is 10.4 Å². The largest absolute Gasteiger partial charge is 0.416 e. The van der Waals surface area contributed by atoms with Gasteiger partial charge in [0, 0.05) is 37.5 Å². The monoisotopic (exact) mass is 530 g/mol. The summed E-state index contributed by atoms with van der Waals surface area (Å²) in [6.45, 7) is 0.966. The summed E-state index contributed by atoms with van der Waals surface area (Å²) in [4.78, 5) is 20.1. The van der Waals surface area contributed by atoms with Crippen LogP contribution in [0, 0.1) is 11.6 Å². The molecule has 0 saturated heterocycles. The van der Waals surface area contributed by atoms with Gasteiger partial charge in [-0.1, -0.05) is 36.4 Å². The fourth-order valence-corrected chi connectivity index (χ4v) is 4.33. The van der Waals surface area contributed by atoms with Gasteiger partial charge in [-0.3, -0.25) is 15.1 Å². The van der Waals surface area contributed by atoms with Gasteiger partial charge in [0.2, 0.25) is 5.91 Å². The van der Waals surface area contributed by atoms with E-state index in [2.05, 4.69) is 5.48 Å². The summed E-state index contributed by atoms with van der Waals surface area (Å²) in [7, 11) is 0. The first-order valence-electron chi connectivity index (χ1n) is 12.2. The Morgan fingerprint density at radius 3 is 1.97 bits per heavy atom. The van der Waals surface area contributed by atoms with Gasteiger partial charge < -0.3 is 4.90 Å². The molecule has 9 heteroatoms. The molecule has 0 unspecified atom stereocenters. The van der Waals surface area contributed by atoms with Gasteiger partial charge in [-0.05, 0) is 65.6 Å². The lowest BCUT2D eigenvalue weighted by Gasteiger charge is -2.27. The highest BCUT2D eigenvalue weighted by Gasteiger charge is 2.30. The maximum absolute atomic E-state index is 13.4. The Hall–Kier alpha value is -3.72. The molecule has 0 saturated carbocycles.